The van der Waals surface area contributed by atoms with E-state index in [0.717, 1.165) is 24.1 Å². The number of rotatable bonds is 6. The van der Waals surface area contributed by atoms with Crippen LogP contribution < -0.4 is 5.32 Å². The Bertz CT molecular complexity index is 308. The Kier molecular flexibility index (Phi) is 6.51. The van der Waals surface area contributed by atoms with Gasteiger partial charge in [-0.15, -0.1) is 11.3 Å². The van der Waals surface area contributed by atoms with Gasteiger partial charge in [0.15, 0.2) is 0 Å². The van der Waals surface area contributed by atoms with Crippen LogP contribution in [0.1, 0.15) is 18.7 Å². The molecule has 0 saturated heterocycles. The molecule has 5 heteroatoms. The summed E-state index contributed by atoms with van der Waals surface area (Å²) < 4.78 is 2.32. The summed E-state index contributed by atoms with van der Waals surface area (Å²) in [6, 6.07) is 2.68. The third-order valence-corrected chi connectivity index (χ3v) is 5.70. The molecule has 1 atom stereocenters. The maximum absolute atomic E-state index is 3.53. The predicted octanol–water partition coefficient (Wildman–Crippen LogP) is 3.70. The average Bonchev–Trinajstić information content (AvgIpc) is 2.55. The van der Waals surface area contributed by atoms with Gasteiger partial charge in [0.25, 0.3) is 0 Å². The highest BCUT2D eigenvalue weighted by Crippen LogP contribution is 2.32. The topological polar surface area (TPSA) is 15.3 Å². The van der Waals surface area contributed by atoms with Crippen molar-refractivity contribution in [3.8, 4) is 0 Å². The van der Waals surface area contributed by atoms with Gasteiger partial charge in [-0.05, 0) is 58.4 Å². The molecule has 1 heterocycles. The smallest absolute Gasteiger partial charge is 0.0843 e. The fourth-order valence-corrected chi connectivity index (χ4v) is 3.54. The van der Waals surface area contributed by atoms with Gasteiger partial charge in [0.05, 0.1) is 3.79 Å². The molecular weight excluding hydrogens is 352 g/mol. The Morgan fingerprint density at radius 1 is 1.50 bits per heavy atom. The van der Waals surface area contributed by atoms with Crippen LogP contribution in [0.2, 0.25) is 0 Å². The fourth-order valence-electron chi connectivity index (χ4n) is 1.41. The van der Waals surface area contributed by atoms with Crippen LogP contribution in [0, 0.1) is 0 Å². The lowest BCUT2D eigenvalue weighted by molar-refractivity contribution is 0.310. The predicted molar refractivity (Wildman–Crippen MR) is 79.2 cm³/mol. The molecule has 16 heavy (non-hydrogen) atoms. The van der Waals surface area contributed by atoms with Gasteiger partial charge in [0.2, 0.25) is 0 Å². The second-order valence-electron chi connectivity index (χ2n) is 3.97. The summed E-state index contributed by atoms with van der Waals surface area (Å²) in [7, 11) is 2.15. The molecule has 1 rings (SSSR count). The van der Waals surface area contributed by atoms with E-state index in [9.17, 15) is 0 Å². The van der Waals surface area contributed by atoms with Gasteiger partial charge in [0, 0.05) is 28.5 Å². The lowest BCUT2D eigenvalue weighted by atomic mass is 10.3. The molecule has 92 valence electrons. The number of nitrogens with zero attached hydrogens (tertiary/aromatic N) is 1. The van der Waals surface area contributed by atoms with Crippen molar-refractivity contribution in [2.24, 2.45) is 0 Å². The Morgan fingerprint density at radius 3 is 2.69 bits per heavy atom. The summed E-state index contributed by atoms with van der Waals surface area (Å²) in [5.74, 6) is 0. The summed E-state index contributed by atoms with van der Waals surface area (Å²) in [6.07, 6.45) is 0. The Labute approximate surface area is 119 Å². The van der Waals surface area contributed by atoms with Crippen molar-refractivity contribution in [2.45, 2.75) is 26.4 Å². The van der Waals surface area contributed by atoms with E-state index >= 15 is 0 Å². The van der Waals surface area contributed by atoms with Crippen molar-refractivity contribution in [1.29, 1.82) is 0 Å². The summed E-state index contributed by atoms with van der Waals surface area (Å²) in [4.78, 5) is 3.67. The summed E-state index contributed by atoms with van der Waals surface area (Å²) in [6.45, 7) is 7.53. The number of nitrogens with one attached hydrogen (secondary N) is 1. The second kappa shape index (κ2) is 7.11. The lowest BCUT2D eigenvalue weighted by Gasteiger charge is -2.20. The average molecular weight is 370 g/mol. The van der Waals surface area contributed by atoms with Crippen molar-refractivity contribution >= 4 is 43.2 Å². The first kappa shape index (κ1) is 14.6. The number of thiophene rings is 1. The van der Waals surface area contributed by atoms with Crippen molar-refractivity contribution in [1.82, 2.24) is 10.2 Å². The summed E-state index contributed by atoms with van der Waals surface area (Å²) >= 11 is 8.79. The van der Waals surface area contributed by atoms with Crippen LogP contribution in [0.4, 0.5) is 0 Å². The number of hydrogen-bond acceptors (Lipinski definition) is 3. The molecule has 0 aromatic carbocycles. The van der Waals surface area contributed by atoms with E-state index in [2.05, 4.69) is 69.0 Å². The Hall–Kier alpha value is 0.580. The van der Waals surface area contributed by atoms with Crippen LogP contribution in [-0.2, 0) is 6.54 Å². The van der Waals surface area contributed by atoms with E-state index < -0.39 is 0 Å². The molecule has 1 N–H and O–H groups in total. The van der Waals surface area contributed by atoms with Crippen LogP contribution in [0.3, 0.4) is 0 Å². The fraction of sp³-hybridized carbons (Fsp3) is 0.636. The molecule has 1 unspecified atom stereocenters. The standard InChI is InChI=1S/C11H18Br2N2S/c1-4-15(3)7-8(2)14-6-9-5-10(12)11(13)16-9/h5,8,14H,4,6-7H2,1-3H3. The third kappa shape index (κ3) is 4.84. The zero-order valence-corrected chi connectivity index (χ0v) is 13.9. The van der Waals surface area contributed by atoms with Crippen molar-refractivity contribution in [3.63, 3.8) is 0 Å². The first-order valence-corrected chi connectivity index (χ1v) is 7.78. The van der Waals surface area contributed by atoms with Gasteiger partial charge in [0.1, 0.15) is 0 Å². The van der Waals surface area contributed by atoms with Crippen molar-refractivity contribution in [3.05, 3.63) is 19.2 Å². The molecular formula is C11H18Br2N2S. The molecule has 0 amide bonds. The molecule has 1 aromatic heterocycles. The molecule has 0 aliphatic rings. The number of halogens is 2. The van der Waals surface area contributed by atoms with Crippen molar-refractivity contribution < 1.29 is 0 Å². The minimum Gasteiger partial charge on any atom is -0.308 e. The minimum atomic E-state index is 0.518. The van der Waals surface area contributed by atoms with E-state index in [1.165, 1.54) is 8.66 Å². The van der Waals surface area contributed by atoms with E-state index in [1.54, 1.807) is 11.3 Å². The van der Waals surface area contributed by atoms with Crippen LogP contribution in [0.25, 0.3) is 0 Å². The molecule has 0 aliphatic carbocycles. The highest BCUT2D eigenvalue weighted by molar-refractivity contribution is 9.13. The van der Waals surface area contributed by atoms with Crippen LogP contribution >= 0.6 is 43.2 Å². The largest absolute Gasteiger partial charge is 0.308 e. The molecule has 0 spiro atoms. The zero-order chi connectivity index (χ0) is 12.1. The highest BCUT2D eigenvalue weighted by atomic mass is 79.9. The number of hydrogen-bond donors (Lipinski definition) is 1. The molecule has 0 aliphatic heterocycles. The van der Waals surface area contributed by atoms with E-state index in [1.807, 2.05) is 0 Å². The van der Waals surface area contributed by atoms with Gasteiger partial charge in [-0.25, -0.2) is 0 Å². The molecule has 0 radical (unpaired) electrons. The SMILES string of the molecule is CCN(C)CC(C)NCc1cc(Br)c(Br)s1. The first-order valence-electron chi connectivity index (χ1n) is 5.38. The van der Waals surface area contributed by atoms with E-state index in [4.69, 9.17) is 0 Å². The van der Waals surface area contributed by atoms with Crippen molar-refractivity contribution in [2.75, 3.05) is 20.1 Å². The second-order valence-corrected chi connectivity index (χ2v) is 7.28. The molecule has 0 bridgehead atoms. The maximum Gasteiger partial charge on any atom is 0.0843 e. The van der Waals surface area contributed by atoms with Gasteiger partial charge >= 0.3 is 0 Å². The van der Waals surface area contributed by atoms with Gasteiger partial charge in [-0.1, -0.05) is 6.92 Å². The summed E-state index contributed by atoms with van der Waals surface area (Å²) in [5, 5.41) is 3.53. The molecule has 0 saturated carbocycles. The van der Waals surface area contributed by atoms with Gasteiger partial charge in [-0.3, -0.25) is 0 Å². The Morgan fingerprint density at radius 2 is 2.19 bits per heavy atom. The van der Waals surface area contributed by atoms with Crippen LogP contribution in [-0.4, -0.2) is 31.1 Å². The van der Waals surface area contributed by atoms with E-state index in [-0.39, 0.29) is 0 Å². The van der Waals surface area contributed by atoms with Crippen LogP contribution in [0.5, 0.6) is 0 Å². The van der Waals surface area contributed by atoms with Crippen LogP contribution in [0.15, 0.2) is 14.3 Å². The minimum absolute atomic E-state index is 0.518. The zero-order valence-electron chi connectivity index (χ0n) is 9.89. The molecule has 2 nitrogen and oxygen atoms in total. The normalized spacial score (nSPS) is 13.4. The molecule has 1 aromatic rings. The first-order chi connectivity index (χ1) is 7.52. The monoisotopic (exact) mass is 368 g/mol. The highest BCUT2D eigenvalue weighted by Gasteiger charge is 2.07. The third-order valence-electron chi connectivity index (χ3n) is 2.45. The molecule has 0 fully saturated rings. The maximum atomic E-state index is 3.53. The lowest BCUT2D eigenvalue weighted by Crippen LogP contribution is -2.36. The van der Waals surface area contributed by atoms with E-state index in [0.29, 0.717) is 6.04 Å². The van der Waals surface area contributed by atoms with Gasteiger partial charge in [-0.2, -0.15) is 0 Å². The quantitative estimate of drug-likeness (QED) is 0.822. The van der Waals surface area contributed by atoms with Gasteiger partial charge < -0.3 is 10.2 Å². The Balaban J connectivity index is 2.34. The summed E-state index contributed by atoms with van der Waals surface area (Å²) in [5.41, 5.74) is 0. The number of likely N-dealkylation sites (N-methyl/N-ethyl adjacent to an activating group) is 1.